The Bertz CT molecular complexity index is 727. The van der Waals surface area contributed by atoms with Crippen molar-refractivity contribution in [2.24, 2.45) is 0 Å². The van der Waals surface area contributed by atoms with Crippen molar-refractivity contribution in [2.45, 2.75) is 32.7 Å². The summed E-state index contributed by atoms with van der Waals surface area (Å²) in [6, 6.07) is 6.98. The minimum atomic E-state index is -0.955. The van der Waals surface area contributed by atoms with Crippen molar-refractivity contribution in [2.75, 3.05) is 13.6 Å². The molecule has 2 N–H and O–H groups in total. The molecular formula is C17H22N4O4. The number of amides is 2. The molecule has 0 saturated heterocycles. The predicted molar refractivity (Wildman–Crippen MR) is 90.9 cm³/mol. The number of benzene rings is 1. The fraction of sp³-hybridized carbons (Fsp3) is 0.412. The summed E-state index contributed by atoms with van der Waals surface area (Å²) in [6.45, 7) is 3.92. The first kappa shape index (κ1) is 18.4. The number of rotatable bonds is 7. The van der Waals surface area contributed by atoms with Gasteiger partial charge in [0.1, 0.15) is 6.04 Å². The average molecular weight is 346 g/mol. The van der Waals surface area contributed by atoms with Crippen molar-refractivity contribution in [1.29, 1.82) is 0 Å². The number of urea groups is 1. The molecule has 134 valence electrons. The Morgan fingerprint density at radius 3 is 2.60 bits per heavy atom. The van der Waals surface area contributed by atoms with E-state index in [1.807, 2.05) is 24.3 Å². The van der Waals surface area contributed by atoms with Crippen LogP contribution >= 0.6 is 0 Å². The van der Waals surface area contributed by atoms with Gasteiger partial charge in [0, 0.05) is 19.2 Å². The van der Waals surface area contributed by atoms with Crippen molar-refractivity contribution >= 4 is 12.0 Å². The lowest BCUT2D eigenvalue weighted by molar-refractivity contribution is -0.137. The van der Waals surface area contributed by atoms with Crippen molar-refractivity contribution < 1.29 is 19.2 Å². The highest BCUT2D eigenvalue weighted by Crippen LogP contribution is 2.19. The van der Waals surface area contributed by atoms with Gasteiger partial charge in [-0.25, -0.2) is 4.79 Å². The van der Waals surface area contributed by atoms with Crippen LogP contribution in [0.1, 0.15) is 37.8 Å². The maximum atomic E-state index is 12.0. The minimum Gasteiger partial charge on any atom is -0.481 e. The maximum Gasteiger partial charge on any atom is 0.317 e. The van der Waals surface area contributed by atoms with Crippen molar-refractivity contribution in [1.82, 2.24) is 20.4 Å². The Morgan fingerprint density at radius 1 is 1.32 bits per heavy atom. The Kier molecular flexibility index (Phi) is 6.10. The van der Waals surface area contributed by atoms with E-state index in [9.17, 15) is 9.59 Å². The molecule has 0 saturated carbocycles. The van der Waals surface area contributed by atoms with Gasteiger partial charge in [0.2, 0.25) is 11.7 Å². The molecule has 2 amide bonds. The number of carboxylic acid groups (broad SMARTS) is 1. The molecule has 1 atom stereocenters. The molecule has 1 heterocycles. The summed E-state index contributed by atoms with van der Waals surface area (Å²) in [6.07, 6.45) is 0.840. The van der Waals surface area contributed by atoms with Crippen LogP contribution in [0.5, 0.6) is 0 Å². The summed E-state index contributed by atoms with van der Waals surface area (Å²) in [7, 11) is 1.53. The summed E-state index contributed by atoms with van der Waals surface area (Å²) in [5, 5.41) is 15.3. The topological polar surface area (TPSA) is 109 Å². The summed E-state index contributed by atoms with van der Waals surface area (Å²) < 4.78 is 5.23. The van der Waals surface area contributed by atoms with E-state index in [0.29, 0.717) is 5.82 Å². The smallest absolute Gasteiger partial charge is 0.317 e. The number of nitrogens with one attached hydrogen (secondary N) is 1. The van der Waals surface area contributed by atoms with Crippen molar-refractivity contribution in [3.63, 3.8) is 0 Å². The fourth-order valence-corrected chi connectivity index (χ4v) is 2.14. The summed E-state index contributed by atoms with van der Waals surface area (Å²) in [5.74, 6) is -0.212. The van der Waals surface area contributed by atoms with Gasteiger partial charge in [-0.3, -0.25) is 4.79 Å². The van der Waals surface area contributed by atoms with E-state index < -0.39 is 18.0 Å². The van der Waals surface area contributed by atoms with Crippen LogP contribution < -0.4 is 5.32 Å². The van der Waals surface area contributed by atoms with Gasteiger partial charge in [-0.2, -0.15) is 4.98 Å². The fourth-order valence-electron chi connectivity index (χ4n) is 2.14. The summed E-state index contributed by atoms with van der Waals surface area (Å²) in [4.78, 5) is 28.2. The molecule has 1 aromatic heterocycles. The monoisotopic (exact) mass is 346 g/mol. The van der Waals surface area contributed by atoms with Gasteiger partial charge < -0.3 is 19.8 Å². The number of carboxylic acids is 1. The lowest BCUT2D eigenvalue weighted by Crippen LogP contribution is -2.39. The third kappa shape index (κ3) is 5.03. The Morgan fingerprint density at radius 2 is 2.00 bits per heavy atom. The van der Waals surface area contributed by atoms with Gasteiger partial charge in [0.05, 0.1) is 6.42 Å². The van der Waals surface area contributed by atoms with Crippen molar-refractivity contribution in [3.05, 3.63) is 35.7 Å². The number of carbonyl (C=O) groups is 2. The molecule has 0 bridgehead atoms. The third-order valence-electron chi connectivity index (χ3n) is 3.78. The zero-order chi connectivity index (χ0) is 18.4. The molecule has 2 aromatic rings. The summed E-state index contributed by atoms with van der Waals surface area (Å²) in [5.41, 5.74) is 2.06. The van der Waals surface area contributed by atoms with E-state index in [1.54, 1.807) is 6.92 Å². The Balaban J connectivity index is 1.98. The molecular weight excluding hydrogens is 324 g/mol. The van der Waals surface area contributed by atoms with Crippen LogP contribution in [-0.2, 0) is 11.2 Å². The lowest BCUT2D eigenvalue weighted by Gasteiger charge is -2.18. The lowest BCUT2D eigenvalue weighted by atomic mass is 10.1. The quantitative estimate of drug-likeness (QED) is 0.797. The molecule has 0 spiro atoms. The first-order chi connectivity index (χ1) is 11.9. The largest absolute Gasteiger partial charge is 0.481 e. The SMILES string of the molecule is CCc1ccc(-c2noc(C(C)NC(=O)N(C)CCC(=O)O)n2)cc1. The standard InChI is InChI=1S/C17H22N4O4/c1-4-12-5-7-13(8-6-12)15-19-16(25-20-15)11(2)18-17(24)21(3)10-9-14(22)23/h5-8,11H,4,9-10H2,1-3H3,(H,18,24)(H,22,23). The van der Waals surface area contributed by atoms with E-state index in [2.05, 4.69) is 22.4 Å². The normalized spacial score (nSPS) is 11.8. The summed E-state index contributed by atoms with van der Waals surface area (Å²) >= 11 is 0. The number of aryl methyl sites for hydroxylation is 1. The van der Waals surface area contributed by atoms with Gasteiger partial charge in [0.15, 0.2) is 0 Å². The average Bonchev–Trinajstić information content (AvgIpc) is 3.09. The number of hydrogen-bond donors (Lipinski definition) is 2. The van der Waals surface area contributed by atoms with Gasteiger partial charge in [0.25, 0.3) is 0 Å². The first-order valence-corrected chi connectivity index (χ1v) is 8.07. The van der Waals surface area contributed by atoms with Gasteiger partial charge in [-0.15, -0.1) is 0 Å². The highest BCUT2D eigenvalue weighted by Gasteiger charge is 2.19. The number of nitrogens with zero attached hydrogens (tertiary/aromatic N) is 3. The molecule has 0 radical (unpaired) electrons. The second kappa shape index (κ2) is 8.27. The zero-order valence-corrected chi connectivity index (χ0v) is 14.5. The van der Waals surface area contributed by atoms with E-state index in [4.69, 9.17) is 9.63 Å². The van der Waals surface area contributed by atoms with Crippen LogP contribution in [0.4, 0.5) is 4.79 Å². The zero-order valence-electron chi connectivity index (χ0n) is 14.5. The van der Waals surface area contributed by atoms with E-state index >= 15 is 0 Å². The van der Waals surface area contributed by atoms with E-state index in [0.717, 1.165) is 12.0 Å². The van der Waals surface area contributed by atoms with Crippen LogP contribution in [0.25, 0.3) is 11.4 Å². The van der Waals surface area contributed by atoms with E-state index in [1.165, 1.54) is 17.5 Å². The van der Waals surface area contributed by atoms with Crippen LogP contribution in [-0.4, -0.2) is 45.7 Å². The molecule has 0 aliphatic rings. The molecule has 8 nitrogen and oxygen atoms in total. The predicted octanol–water partition coefficient (Wildman–Crippen LogP) is 2.48. The second-order valence-electron chi connectivity index (χ2n) is 5.74. The Labute approximate surface area is 145 Å². The van der Waals surface area contributed by atoms with Crippen molar-refractivity contribution in [3.8, 4) is 11.4 Å². The molecule has 1 aromatic carbocycles. The minimum absolute atomic E-state index is 0.114. The molecule has 1 unspecified atom stereocenters. The highest BCUT2D eigenvalue weighted by atomic mass is 16.5. The molecule has 0 aliphatic carbocycles. The third-order valence-corrected chi connectivity index (χ3v) is 3.78. The van der Waals surface area contributed by atoms with E-state index in [-0.39, 0.29) is 18.9 Å². The maximum absolute atomic E-state index is 12.0. The number of aliphatic carboxylic acids is 1. The second-order valence-corrected chi connectivity index (χ2v) is 5.74. The molecule has 2 rings (SSSR count). The first-order valence-electron chi connectivity index (χ1n) is 8.07. The van der Waals surface area contributed by atoms with Gasteiger partial charge >= 0.3 is 12.0 Å². The number of carbonyl (C=O) groups excluding carboxylic acids is 1. The number of hydrogen-bond acceptors (Lipinski definition) is 5. The van der Waals surface area contributed by atoms with Crippen LogP contribution in [0.2, 0.25) is 0 Å². The molecule has 8 heteroatoms. The Hall–Kier alpha value is -2.90. The van der Waals surface area contributed by atoms with Crippen LogP contribution in [0.3, 0.4) is 0 Å². The highest BCUT2D eigenvalue weighted by molar-refractivity contribution is 5.75. The number of aromatic nitrogens is 2. The molecule has 0 aliphatic heterocycles. The molecule has 25 heavy (non-hydrogen) atoms. The van der Waals surface area contributed by atoms with Crippen LogP contribution in [0, 0.1) is 0 Å². The van der Waals surface area contributed by atoms with Crippen LogP contribution in [0.15, 0.2) is 28.8 Å². The van der Waals surface area contributed by atoms with Gasteiger partial charge in [-0.05, 0) is 18.9 Å². The van der Waals surface area contributed by atoms with Gasteiger partial charge in [-0.1, -0.05) is 36.3 Å². The molecule has 0 fully saturated rings.